The average Bonchev–Trinajstić information content (AvgIpc) is 2.76. The molecular formula is C28H43NO8. The molecule has 2 unspecified atom stereocenters. The van der Waals surface area contributed by atoms with Gasteiger partial charge in [-0.2, -0.15) is 0 Å². The zero-order valence-corrected chi connectivity index (χ0v) is 23.5. The van der Waals surface area contributed by atoms with Crippen molar-refractivity contribution in [1.82, 2.24) is 0 Å². The van der Waals surface area contributed by atoms with E-state index in [1.165, 1.54) is 12.1 Å². The van der Waals surface area contributed by atoms with Crippen LogP contribution in [0.15, 0.2) is 18.2 Å². The lowest BCUT2D eigenvalue weighted by atomic mass is 9.82. The third-order valence-corrected chi connectivity index (χ3v) is 5.70. The Morgan fingerprint density at radius 2 is 1.41 bits per heavy atom. The second-order valence-corrected chi connectivity index (χ2v) is 12.0. The summed E-state index contributed by atoms with van der Waals surface area (Å²) in [5.74, 6) is -3.64. The van der Waals surface area contributed by atoms with E-state index in [4.69, 9.17) is 19.9 Å². The molecule has 3 N–H and O–H groups in total. The average molecular weight is 522 g/mol. The number of hydrogen-bond donors (Lipinski definition) is 2. The van der Waals surface area contributed by atoms with Crippen molar-refractivity contribution in [1.29, 1.82) is 0 Å². The lowest BCUT2D eigenvalue weighted by Crippen LogP contribution is -2.40. The van der Waals surface area contributed by atoms with Gasteiger partial charge in [-0.05, 0) is 77.5 Å². The maximum Gasteiger partial charge on any atom is 0.321 e. The number of carboxylic acid groups (broad SMARTS) is 1. The highest BCUT2D eigenvalue weighted by Crippen LogP contribution is 2.37. The number of carbonyl (C=O) groups is 4. The van der Waals surface area contributed by atoms with Gasteiger partial charge < -0.3 is 25.1 Å². The summed E-state index contributed by atoms with van der Waals surface area (Å²) in [6.07, 6.45) is 0.948. The van der Waals surface area contributed by atoms with Crippen LogP contribution >= 0.6 is 0 Å². The Kier molecular flexibility index (Phi) is 11.3. The molecule has 0 aliphatic rings. The maximum absolute atomic E-state index is 12.7. The van der Waals surface area contributed by atoms with Crippen molar-refractivity contribution < 1.29 is 38.5 Å². The number of ether oxygens (including phenoxy) is 3. The van der Waals surface area contributed by atoms with Gasteiger partial charge in [-0.3, -0.25) is 19.2 Å². The highest BCUT2D eigenvalue weighted by molar-refractivity contribution is 5.81. The van der Waals surface area contributed by atoms with E-state index in [1.54, 1.807) is 54.5 Å². The quantitative estimate of drug-likeness (QED) is 0.313. The largest absolute Gasteiger partial charge is 0.480 e. The molecule has 0 amide bonds. The minimum atomic E-state index is -1.33. The Bertz CT molecular complexity index is 971. The molecule has 9 heteroatoms. The normalized spacial score (nSPS) is 14.5. The third kappa shape index (κ3) is 10.1. The Balaban J connectivity index is 3.40. The van der Waals surface area contributed by atoms with Crippen LogP contribution in [0.4, 0.5) is 0 Å². The summed E-state index contributed by atoms with van der Waals surface area (Å²) < 4.78 is 16.5. The molecule has 3 atom stereocenters. The molecule has 1 aromatic rings. The molecule has 0 aromatic heterocycles. The van der Waals surface area contributed by atoms with Crippen molar-refractivity contribution in [2.45, 2.75) is 87.1 Å². The van der Waals surface area contributed by atoms with Gasteiger partial charge in [0.15, 0.2) is 11.5 Å². The molecule has 1 rings (SSSR count). The van der Waals surface area contributed by atoms with E-state index in [1.807, 2.05) is 13.8 Å². The molecule has 0 saturated carbocycles. The van der Waals surface area contributed by atoms with Crippen LogP contribution in [0.1, 0.15) is 86.6 Å². The second-order valence-electron chi connectivity index (χ2n) is 12.0. The van der Waals surface area contributed by atoms with Crippen molar-refractivity contribution >= 4 is 23.9 Å². The zero-order valence-electron chi connectivity index (χ0n) is 23.5. The van der Waals surface area contributed by atoms with Crippen LogP contribution in [0.3, 0.4) is 0 Å². The zero-order chi connectivity index (χ0) is 28.7. The number of rotatable bonds is 11. The Hall–Kier alpha value is -2.94. The first-order valence-corrected chi connectivity index (χ1v) is 12.6. The van der Waals surface area contributed by atoms with Gasteiger partial charge in [0.25, 0.3) is 0 Å². The molecule has 9 nitrogen and oxygen atoms in total. The summed E-state index contributed by atoms with van der Waals surface area (Å²) in [6.45, 7) is 15.8. The fourth-order valence-electron chi connectivity index (χ4n) is 3.25. The lowest BCUT2D eigenvalue weighted by molar-refractivity contribution is -0.146. The number of nitrogens with two attached hydrogens (primary N) is 1. The minimum absolute atomic E-state index is 0.0247. The summed E-state index contributed by atoms with van der Waals surface area (Å²) in [6, 6.07) is 3.15. The van der Waals surface area contributed by atoms with Gasteiger partial charge in [0.05, 0.1) is 17.4 Å². The molecule has 37 heavy (non-hydrogen) atoms. The standard InChI is InChI=1S/C28H43NO8/c1-16(2)10-13-21(30)35-15-17(3)22(23(29)24(31)32)18-11-12-19(36-25(33)27(4,5)6)20(14-18)37-26(34)28(7,8)9/h11-12,14,16-17,22-23H,10,13,15,29H2,1-9H3,(H,31,32)/t17?,22?,23-/m0/s1. The van der Waals surface area contributed by atoms with Gasteiger partial charge in [0.1, 0.15) is 6.04 Å². The maximum atomic E-state index is 12.7. The fraction of sp³-hybridized carbons (Fsp3) is 0.643. The van der Waals surface area contributed by atoms with Gasteiger partial charge in [-0.25, -0.2) is 0 Å². The van der Waals surface area contributed by atoms with Gasteiger partial charge in [-0.1, -0.05) is 26.8 Å². The highest BCUT2D eigenvalue weighted by atomic mass is 16.6. The number of carbonyl (C=O) groups excluding carboxylic acids is 3. The van der Waals surface area contributed by atoms with Gasteiger partial charge >= 0.3 is 23.9 Å². The smallest absolute Gasteiger partial charge is 0.321 e. The first kappa shape index (κ1) is 32.1. The monoisotopic (exact) mass is 521 g/mol. The summed E-state index contributed by atoms with van der Waals surface area (Å²) >= 11 is 0. The van der Waals surface area contributed by atoms with Crippen molar-refractivity contribution in [2.24, 2.45) is 28.4 Å². The van der Waals surface area contributed by atoms with E-state index in [0.717, 1.165) is 0 Å². The van der Waals surface area contributed by atoms with E-state index in [-0.39, 0.29) is 30.5 Å². The molecule has 0 heterocycles. The first-order chi connectivity index (χ1) is 16.8. The van der Waals surface area contributed by atoms with E-state index < -0.39 is 46.6 Å². The van der Waals surface area contributed by atoms with Crippen LogP contribution in [-0.2, 0) is 23.9 Å². The van der Waals surface area contributed by atoms with Gasteiger partial charge in [0, 0.05) is 12.3 Å². The van der Waals surface area contributed by atoms with Crippen molar-refractivity contribution in [3.63, 3.8) is 0 Å². The number of aliphatic carboxylic acids is 1. The van der Waals surface area contributed by atoms with Crippen LogP contribution in [-0.4, -0.2) is 41.6 Å². The summed E-state index contributed by atoms with van der Waals surface area (Å²) in [7, 11) is 0. The number of esters is 3. The topological polar surface area (TPSA) is 142 Å². The molecule has 0 bridgehead atoms. The summed E-state index contributed by atoms with van der Waals surface area (Å²) in [4.78, 5) is 49.2. The van der Waals surface area contributed by atoms with Gasteiger partial charge in [0.2, 0.25) is 0 Å². The number of carboxylic acids is 1. The van der Waals surface area contributed by atoms with Crippen LogP contribution in [0.2, 0.25) is 0 Å². The molecule has 0 saturated heterocycles. The van der Waals surface area contributed by atoms with Crippen LogP contribution in [0, 0.1) is 22.7 Å². The van der Waals surface area contributed by atoms with Gasteiger partial charge in [-0.15, -0.1) is 0 Å². The van der Waals surface area contributed by atoms with Crippen LogP contribution < -0.4 is 15.2 Å². The molecule has 208 valence electrons. The first-order valence-electron chi connectivity index (χ1n) is 12.6. The predicted octanol–water partition coefficient (Wildman–Crippen LogP) is 4.70. The molecule has 0 fully saturated rings. The summed E-state index contributed by atoms with van der Waals surface area (Å²) in [5.41, 5.74) is 4.83. The third-order valence-electron chi connectivity index (χ3n) is 5.70. The van der Waals surface area contributed by atoms with E-state index in [0.29, 0.717) is 17.9 Å². The Labute approximate surface area is 220 Å². The molecule has 0 aliphatic carbocycles. The predicted molar refractivity (Wildman–Crippen MR) is 139 cm³/mol. The Morgan fingerprint density at radius 1 is 0.892 bits per heavy atom. The second kappa shape index (κ2) is 13.0. The number of benzene rings is 1. The van der Waals surface area contributed by atoms with Crippen LogP contribution in [0.5, 0.6) is 11.5 Å². The number of hydrogen-bond acceptors (Lipinski definition) is 8. The van der Waals surface area contributed by atoms with Crippen molar-refractivity contribution in [3.8, 4) is 11.5 Å². The molecule has 1 aromatic carbocycles. The molecular weight excluding hydrogens is 478 g/mol. The fourth-order valence-corrected chi connectivity index (χ4v) is 3.25. The molecule has 0 spiro atoms. The SMILES string of the molecule is CC(C)CCC(=O)OCC(C)C(c1ccc(OC(=O)C(C)(C)C)c(OC(=O)C(C)(C)C)c1)[C@H](N)C(=O)O. The van der Waals surface area contributed by atoms with Crippen molar-refractivity contribution in [2.75, 3.05) is 6.61 Å². The Morgan fingerprint density at radius 3 is 1.86 bits per heavy atom. The van der Waals surface area contributed by atoms with Crippen molar-refractivity contribution in [3.05, 3.63) is 23.8 Å². The lowest BCUT2D eigenvalue weighted by Gasteiger charge is -2.28. The van der Waals surface area contributed by atoms with E-state index >= 15 is 0 Å². The summed E-state index contributed by atoms with van der Waals surface area (Å²) in [5, 5.41) is 9.68. The highest BCUT2D eigenvalue weighted by Gasteiger charge is 2.34. The minimum Gasteiger partial charge on any atom is -0.480 e. The molecule has 0 radical (unpaired) electrons. The van der Waals surface area contributed by atoms with E-state index in [2.05, 4.69) is 0 Å². The van der Waals surface area contributed by atoms with E-state index in [9.17, 15) is 24.3 Å². The van der Waals surface area contributed by atoms with Crippen LogP contribution in [0.25, 0.3) is 0 Å². The molecule has 0 aliphatic heterocycles.